The first-order chi connectivity index (χ1) is 9.78. The number of benzene rings is 1. The zero-order valence-corrected chi connectivity index (χ0v) is 12.5. The highest BCUT2D eigenvalue weighted by Crippen LogP contribution is 2.40. The molecule has 0 saturated carbocycles. The van der Waals surface area contributed by atoms with Gasteiger partial charge in [-0.25, -0.2) is 0 Å². The van der Waals surface area contributed by atoms with Gasteiger partial charge in [0.2, 0.25) is 0 Å². The summed E-state index contributed by atoms with van der Waals surface area (Å²) in [4.78, 5) is 24.1. The number of nitrogens with zero attached hydrogens (tertiary/aromatic N) is 2. The largest absolute Gasteiger partial charge is 0.481 e. The van der Waals surface area contributed by atoms with E-state index in [4.69, 9.17) is 0 Å². The van der Waals surface area contributed by atoms with Crippen LogP contribution in [0.1, 0.15) is 25.8 Å². The molecule has 21 heavy (non-hydrogen) atoms. The number of anilines is 1. The van der Waals surface area contributed by atoms with E-state index in [0.717, 1.165) is 5.69 Å². The molecule has 0 bridgehead atoms. The lowest BCUT2D eigenvalue weighted by molar-refractivity contribution is -0.385. The molecule has 1 heterocycles. The van der Waals surface area contributed by atoms with Crippen LogP contribution in [0.2, 0.25) is 0 Å². The third kappa shape index (κ3) is 2.57. The van der Waals surface area contributed by atoms with E-state index >= 15 is 0 Å². The van der Waals surface area contributed by atoms with Gasteiger partial charge in [0, 0.05) is 30.4 Å². The predicted molar refractivity (Wildman–Crippen MR) is 79.6 cm³/mol. The van der Waals surface area contributed by atoms with Crippen LogP contribution in [0, 0.1) is 28.4 Å². The van der Waals surface area contributed by atoms with Crippen molar-refractivity contribution in [3.05, 3.63) is 33.9 Å². The molecule has 0 radical (unpaired) electrons. The summed E-state index contributed by atoms with van der Waals surface area (Å²) in [6, 6.07) is 4.95. The average molecular weight is 292 g/mol. The maximum absolute atomic E-state index is 11.6. The van der Waals surface area contributed by atoms with E-state index in [2.05, 4.69) is 0 Å². The highest BCUT2D eigenvalue weighted by atomic mass is 16.6. The van der Waals surface area contributed by atoms with Gasteiger partial charge < -0.3 is 10.0 Å². The van der Waals surface area contributed by atoms with Crippen LogP contribution in [0.3, 0.4) is 0 Å². The zero-order valence-electron chi connectivity index (χ0n) is 12.5. The number of aryl methyl sites for hydroxylation is 1. The predicted octanol–water partition coefficient (Wildman–Crippen LogP) is 2.84. The number of nitro groups is 1. The number of aliphatic carboxylic acids is 1. The van der Waals surface area contributed by atoms with Crippen molar-refractivity contribution in [3.63, 3.8) is 0 Å². The van der Waals surface area contributed by atoms with Crippen molar-refractivity contribution >= 4 is 17.3 Å². The van der Waals surface area contributed by atoms with Gasteiger partial charge in [0.25, 0.3) is 5.69 Å². The van der Waals surface area contributed by atoms with Gasteiger partial charge in [-0.2, -0.15) is 0 Å². The Morgan fingerprint density at radius 1 is 1.48 bits per heavy atom. The van der Waals surface area contributed by atoms with Crippen LogP contribution < -0.4 is 4.90 Å². The fourth-order valence-electron chi connectivity index (χ4n) is 2.99. The van der Waals surface area contributed by atoms with Gasteiger partial charge >= 0.3 is 5.97 Å². The molecule has 0 aromatic heterocycles. The number of hydrogen-bond donors (Lipinski definition) is 1. The Bertz CT molecular complexity index is 585. The van der Waals surface area contributed by atoms with E-state index in [1.54, 1.807) is 19.1 Å². The highest BCUT2D eigenvalue weighted by Gasteiger charge is 2.47. The SMILES string of the molecule is Cc1cc(N2CCC(C(=O)O)(C(C)C)C2)ccc1[N+](=O)[O-]. The minimum absolute atomic E-state index is 0.0409. The van der Waals surface area contributed by atoms with Crippen LogP contribution in [0.4, 0.5) is 11.4 Å². The third-order valence-electron chi connectivity index (χ3n) is 4.57. The van der Waals surface area contributed by atoms with Crippen molar-refractivity contribution in [2.24, 2.45) is 11.3 Å². The summed E-state index contributed by atoms with van der Waals surface area (Å²) in [6.07, 6.45) is 0.593. The third-order valence-corrected chi connectivity index (χ3v) is 4.57. The number of rotatable bonds is 4. The van der Waals surface area contributed by atoms with Gasteiger partial charge in [0.15, 0.2) is 0 Å². The minimum atomic E-state index is -0.765. The molecule has 1 fully saturated rings. The standard InChI is InChI=1S/C15H20N2O4/c1-10(2)15(14(18)19)6-7-16(9-15)12-4-5-13(17(20)21)11(3)8-12/h4-5,8,10H,6-7,9H2,1-3H3,(H,18,19). The molecule has 114 valence electrons. The molecule has 0 spiro atoms. The van der Waals surface area contributed by atoms with E-state index in [1.807, 2.05) is 18.7 Å². The molecular formula is C15H20N2O4. The molecule has 0 amide bonds. The summed E-state index contributed by atoms with van der Waals surface area (Å²) in [7, 11) is 0. The van der Waals surface area contributed by atoms with Crippen LogP contribution in [0.15, 0.2) is 18.2 Å². The number of carboxylic acids is 1. The number of carbonyl (C=O) groups is 1. The van der Waals surface area contributed by atoms with Gasteiger partial charge in [-0.3, -0.25) is 14.9 Å². The van der Waals surface area contributed by atoms with Gasteiger partial charge in [0.05, 0.1) is 10.3 Å². The maximum Gasteiger partial charge on any atom is 0.311 e. The molecule has 1 aliphatic rings. The fourth-order valence-corrected chi connectivity index (χ4v) is 2.99. The Balaban J connectivity index is 2.28. The fraction of sp³-hybridized carbons (Fsp3) is 0.533. The van der Waals surface area contributed by atoms with E-state index in [1.165, 1.54) is 6.07 Å². The summed E-state index contributed by atoms with van der Waals surface area (Å²) in [5.41, 5.74) is 0.790. The second-order valence-electron chi connectivity index (χ2n) is 6.02. The smallest absolute Gasteiger partial charge is 0.311 e. The first-order valence-corrected chi connectivity index (χ1v) is 7.01. The average Bonchev–Trinajstić information content (AvgIpc) is 2.84. The van der Waals surface area contributed by atoms with E-state index in [-0.39, 0.29) is 11.6 Å². The molecule has 1 aliphatic heterocycles. The van der Waals surface area contributed by atoms with Crippen molar-refractivity contribution in [1.29, 1.82) is 0 Å². The Hall–Kier alpha value is -2.11. The minimum Gasteiger partial charge on any atom is -0.481 e. The molecule has 1 saturated heterocycles. The monoisotopic (exact) mass is 292 g/mol. The Labute approximate surface area is 123 Å². The second kappa shape index (κ2) is 5.35. The van der Waals surface area contributed by atoms with Crippen LogP contribution in [-0.2, 0) is 4.79 Å². The molecule has 2 rings (SSSR count). The lowest BCUT2D eigenvalue weighted by Crippen LogP contribution is -2.39. The molecule has 1 atom stereocenters. The number of nitro benzene ring substituents is 1. The molecule has 1 aromatic rings. The van der Waals surface area contributed by atoms with Crippen molar-refractivity contribution < 1.29 is 14.8 Å². The summed E-state index contributed by atoms with van der Waals surface area (Å²) < 4.78 is 0. The topological polar surface area (TPSA) is 83.7 Å². The van der Waals surface area contributed by atoms with Gasteiger partial charge in [0.1, 0.15) is 0 Å². The highest BCUT2D eigenvalue weighted by molar-refractivity contribution is 5.77. The van der Waals surface area contributed by atoms with E-state index < -0.39 is 16.3 Å². The van der Waals surface area contributed by atoms with Gasteiger partial charge in [-0.05, 0) is 31.4 Å². The summed E-state index contributed by atoms with van der Waals surface area (Å²) in [5.74, 6) is -0.724. The first-order valence-electron chi connectivity index (χ1n) is 7.01. The Kier molecular flexibility index (Phi) is 3.89. The molecule has 1 unspecified atom stereocenters. The van der Waals surface area contributed by atoms with Gasteiger partial charge in [-0.15, -0.1) is 0 Å². The number of hydrogen-bond acceptors (Lipinski definition) is 4. The molecule has 1 N–H and O–H groups in total. The van der Waals surface area contributed by atoms with Crippen molar-refractivity contribution in [2.75, 3.05) is 18.0 Å². The van der Waals surface area contributed by atoms with Crippen LogP contribution >= 0.6 is 0 Å². The second-order valence-corrected chi connectivity index (χ2v) is 6.02. The van der Waals surface area contributed by atoms with E-state index in [0.29, 0.717) is 25.1 Å². The molecule has 0 aliphatic carbocycles. The van der Waals surface area contributed by atoms with Crippen molar-refractivity contribution in [2.45, 2.75) is 27.2 Å². The lowest BCUT2D eigenvalue weighted by atomic mass is 9.76. The Morgan fingerprint density at radius 2 is 2.14 bits per heavy atom. The number of carboxylic acid groups (broad SMARTS) is 1. The van der Waals surface area contributed by atoms with Crippen LogP contribution in [-0.4, -0.2) is 29.1 Å². The summed E-state index contributed by atoms with van der Waals surface area (Å²) in [5, 5.41) is 20.4. The lowest BCUT2D eigenvalue weighted by Gasteiger charge is -2.29. The summed E-state index contributed by atoms with van der Waals surface area (Å²) >= 11 is 0. The molecular weight excluding hydrogens is 272 g/mol. The molecule has 6 heteroatoms. The maximum atomic E-state index is 11.6. The van der Waals surface area contributed by atoms with Crippen LogP contribution in [0.5, 0.6) is 0 Å². The molecule has 6 nitrogen and oxygen atoms in total. The Morgan fingerprint density at radius 3 is 2.57 bits per heavy atom. The van der Waals surface area contributed by atoms with Crippen molar-refractivity contribution in [3.8, 4) is 0 Å². The normalized spacial score (nSPS) is 21.8. The van der Waals surface area contributed by atoms with Crippen LogP contribution in [0.25, 0.3) is 0 Å². The quantitative estimate of drug-likeness (QED) is 0.681. The molecule has 1 aromatic carbocycles. The van der Waals surface area contributed by atoms with Crippen molar-refractivity contribution in [1.82, 2.24) is 0 Å². The van der Waals surface area contributed by atoms with E-state index in [9.17, 15) is 20.0 Å². The van der Waals surface area contributed by atoms with Gasteiger partial charge in [-0.1, -0.05) is 13.8 Å². The zero-order chi connectivity index (χ0) is 15.8. The summed E-state index contributed by atoms with van der Waals surface area (Å²) in [6.45, 7) is 6.65. The first kappa shape index (κ1) is 15.3.